The van der Waals surface area contributed by atoms with Crippen molar-refractivity contribution in [2.45, 2.75) is 20.0 Å². The minimum Gasteiger partial charge on any atom is -0.346 e. The van der Waals surface area contributed by atoms with Gasteiger partial charge in [-0.1, -0.05) is 5.17 Å². The second kappa shape index (κ2) is 3.30. The van der Waals surface area contributed by atoms with Gasteiger partial charge in [0.05, 0.1) is 6.10 Å². The molecule has 1 aliphatic heterocycles. The summed E-state index contributed by atoms with van der Waals surface area (Å²) in [6.07, 6.45) is 0.212. The van der Waals surface area contributed by atoms with Gasteiger partial charge in [0, 0.05) is 7.05 Å². The zero-order chi connectivity index (χ0) is 7.56. The van der Waals surface area contributed by atoms with E-state index in [0.717, 1.165) is 0 Å². The Kier molecular flexibility index (Phi) is 2.62. The van der Waals surface area contributed by atoms with Crippen LogP contribution in [0.25, 0.3) is 0 Å². The second-order valence-electron chi connectivity index (χ2n) is 2.63. The lowest BCUT2D eigenvalue weighted by atomic mass is 10.5. The third-order valence-corrected chi connectivity index (χ3v) is 1.19. The van der Waals surface area contributed by atoms with E-state index in [2.05, 4.69) is 0 Å². The van der Waals surface area contributed by atoms with Crippen LogP contribution in [-0.2, 0) is 9.57 Å². The van der Waals surface area contributed by atoms with Crippen LogP contribution in [0.3, 0.4) is 0 Å². The molecule has 1 rings (SSSR count). The fourth-order valence-electron chi connectivity index (χ4n) is 0.768. The SMILES string of the molecule is CC(C)ON1COCN1C. The van der Waals surface area contributed by atoms with Crippen molar-refractivity contribution in [1.82, 2.24) is 10.2 Å². The summed E-state index contributed by atoms with van der Waals surface area (Å²) < 4.78 is 5.10. The maximum Gasteiger partial charge on any atom is 0.140 e. The van der Waals surface area contributed by atoms with Crippen molar-refractivity contribution in [3.63, 3.8) is 0 Å². The molecular weight excluding hydrogens is 132 g/mol. The molecule has 1 heterocycles. The molecule has 0 N–H and O–H groups in total. The number of hydrogen-bond donors (Lipinski definition) is 0. The monoisotopic (exact) mass is 146 g/mol. The number of hydrogen-bond acceptors (Lipinski definition) is 4. The van der Waals surface area contributed by atoms with Gasteiger partial charge in [0.15, 0.2) is 0 Å². The maximum atomic E-state index is 5.36. The first-order valence-electron chi connectivity index (χ1n) is 3.43. The first-order chi connectivity index (χ1) is 4.70. The van der Waals surface area contributed by atoms with Gasteiger partial charge in [-0.15, -0.1) is 0 Å². The van der Waals surface area contributed by atoms with Crippen LogP contribution < -0.4 is 0 Å². The minimum absolute atomic E-state index is 0.212. The Morgan fingerprint density at radius 3 is 2.50 bits per heavy atom. The highest BCUT2D eigenvalue weighted by molar-refractivity contribution is 4.41. The number of hydrazine groups is 1. The highest BCUT2D eigenvalue weighted by Crippen LogP contribution is 2.06. The van der Waals surface area contributed by atoms with Crippen molar-refractivity contribution in [1.29, 1.82) is 0 Å². The lowest BCUT2D eigenvalue weighted by molar-refractivity contribution is -0.276. The van der Waals surface area contributed by atoms with E-state index in [1.165, 1.54) is 0 Å². The van der Waals surface area contributed by atoms with E-state index in [0.29, 0.717) is 13.5 Å². The van der Waals surface area contributed by atoms with Gasteiger partial charge < -0.3 is 4.74 Å². The minimum atomic E-state index is 0.212. The Morgan fingerprint density at radius 1 is 1.40 bits per heavy atom. The van der Waals surface area contributed by atoms with Crippen molar-refractivity contribution >= 4 is 0 Å². The highest BCUT2D eigenvalue weighted by Gasteiger charge is 2.19. The topological polar surface area (TPSA) is 24.9 Å². The van der Waals surface area contributed by atoms with E-state index >= 15 is 0 Å². The van der Waals surface area contributed by atoms with Crippen molar-refractivity contribution < 1.29 is 9.57 Å². The summed E-state index contributed by atoms with van der Waals surface area (Å²) in [7, 11) is 1.93. The van der Waals surface area contributed by atoms with E-state index in [9.17, 15) is 0 Å². The molecule has 0 saturated carbocycles. The summed E-state index contributed by atoms with van der Waals surface area (Å²) in [6, 6.07) is 0. The van der Waals surface area contributed by atoms with E-state index in [-0.39, 0.29) is 6.10 Å². The molecular formula is C6H14N2O2. The lowest BCUT2D eigenvalue weighted by Crippen LogP contribution is -2.35. The molecule has 0 aromatic carbocycles. The van der Waals surface area contributed by atoms with Crippen LogP contribution in [0, 0.1) is 0 Å². The molecule has 0 unspecified atom stereocenters. The Hall–Kier alpha value is -0.160. The van der Waals surface area contributed by atoms with Gasteiger partial charge in [-0.05, 0) is 13.8 Å². The van der Waals surface area contributed by atoms with Crippen LogP contribution >= 0.6 is 0 Å². The predicted octanol–water partition coefficient (Wildman–Crippen LogP) is 0.420. The summed E-state index contributed by atoms with van der Waals surface area (Å²) in [5.41, 5.74) is 0. The van der Waals surface area contributed by atoms with Crippen LogP contribution in [0.4, 0.5) is 0 Å². The van der Waals surface area contributed by atoms with Gasteiger partial charge >= 0.3 is 0 Å². The quantitative estimate of drug-likeness (QED) is 0.563. The number of ether oxygens (including phenoxy) is 1. The lowest BCUT2D eigenvalue weighted by Gasteiger charge is -2.22. The van der Waals surface area contributed by atoms with Crippen molar-refractivity contribution in [2.75, 3.05) is 20.5 Å². The molecule has 0 aliphatic carbocycles. The van der Waals surface area contributed by atoms with Crippen LogP contribution in [0.1, 0.15) is 13.8 Å². The smallest absolute Gasteiger partial charge is 0.140 e. The Labute approximate surface area is 61.2 Å². The average Bonchev–Trinajstić information content (AvgIpc) is 2.15. The molecule has 4 nitrogen and oxygen atoms in total. The van der Waals surface area contributed by atoms with E-state index in [1.807, 2.05) is 25.9 Å². The summed E-state index contributed by atoms with van der Waals surface area (Å²) >= 11 is 0. The van der Waals surface area contributed by atoms with Gasteiger partial charge in [0.2, 0.25) is 0 Å². The number of nitrogens with zero attached hydrogens (tertiary/aromatic N) is 2. The molecule has 60 valence electrons. The second-order valence-corrected chi connectivity index (χ2v) is 2.63. The fraction of sp³-hybridized carbons (Fsp3) is 1.00. The summed E-state index contributed by atoms with van der Waals surface area (Å²) in [5.74, 6) is 0. The largest absolute Gasteiger partial charge is 0.346 e. The van der Waals surface area contributed by atoms with Crippen molar-refractivity contribution in [3.8, 4) is 0 Å². The molecule has 0 atom stereocenters. The van der Waals surface area contributed by atoms with Crippen molar-refractivity contribution in [3.05, 3.63) is 0 Å². The Balaban J connectivity index is 2.26. The van der Waals surface area contributed by atoms with E-state index < -0.39 is 0 Å². The van der Waals surface area contributed by atoms with Gasteiger partial charge in [-0.2, -0.15) is 5.01 Å². The van der Waals surface area contributed by atoms with Gasteiger partial charge in [0.1, 0.15) is 13.5 Å². The molecule has 1 saturated heterocycles. The maximum absolute atomic E-state index is 5.36. The molecule has 0 amide bonds. The molecule has 0 radical (unpaired) electrons. The molecule has 0 spiro atoms. The molecule has 1 fully saturated rings. The van der Waals surface area contributed by atoms with Gasteiger partial charge in [-0.3, -0.25) is 4.84 Å². The Morgan fingerprint density at radius 2 is 2.10 bits per heavy atom. The van der Waals surface area contributed by atoms with Gasteiger partial charge in [0.25, 0.3) is 0 Å². The predicted molar refractivity (Wildman–Crippen MR) is 36.6 cm³/mol. The highest BCUT2D eigenvalue weighted by atomic mass is 16.8. The number of hydroxylamine groups is 1. The summed E-state index contributed by atoms with van der Waals surface area (Å²) in [4.78, 5) is 5.36. The van der Waals surface area contributed by atoms with E-state index in [4.69, 9.17) is 9.57 Å². The first kappa shape index (κ1) is 7.94. The van der Waals surface area contributed by atoms with Crippen LogP contribution in [0.2, 0.25) is 0 Å². The zero-order valence-corrected chi connectivity index (χ0v) is 6.70. The molecule has 0 aromatic heterocycles. The van der Waals surface area contributed by atoms with Crippen molar-refractivity contribution in [2.24, 2.45) is 0 Å². The third kappa shape index (κ3) is 1.91. The average molecular weight is 146 g/mol. The molecule has 10 heavy (non-hydrogen) atoms. The van der Waals surface area contributed by atoms with Gasteiger partial charge in [-0.25, -0.2) is 0 Å². The van der Waals surface area contributed by atoms with E-state index in [1.54, 1.807) is 5.17 Å². The fourth-order valence-corrected chi connectivity index (χ4v) is 0.768. The molecule has 1 aliphatic rings. The molecule has 0 bridgehead atoms. The summed E-state index contributed by atoms with van der Waals surface area (Å²) in [5, 5.41) is 3.60. The molecule has 4 heteroatoms. The first-order valence-corrected chi connectivity index (χ1v) is 3.43. The number of rotatable bonds is 2. The summed E-state index contributed by atoms with van der Waals surface area (Å²) in [6.45, 7) is 5.14. The van der Waals surface area contributed by atoms with Crippen LogP contribution in [0.5, 0.6) is 0 Å². The van der Waals surface area contributed by atoms with Crippen LogP contribution in [-0.4, -0.2) is 36.8 Å². The standard InChI is InChI=1S/C6H14N2O2/c1-6(2)10-8-5-9-4-7(8)3/h6H,4-5H2,1-3H3. The zero-order valence-electron chi connectivity index (χ0n) is 6.70. The van der Waals surface area contributed by atoms with Crippen LogP contribution in [0.15, 0.2) is 0 Å². The normalized spacial score (nSPS) is 22.8. The molecule has 0 aromatic rings. The third-order valence-electron chi connectivity index (χ3n) is 1.19. The Bertz CT molecular complexity index is 108.